The molecule has 0 fully saturated rings. The van der Waals surface area contributed by atoms with Crippen LogP contribution in [0.5, 0.6) is 0 Å². The number of rotatable bonds is 7. The first-order valence-electron chi connectivity index (χ1n) is 5.84. The van der Waals surface area contributed by atoms with Gasteiger partial charge in [-0.3, -0.25) is 9.59 Å². The number of nitrogens with zero attached hydrogens (tertiary/aromatic N) is 1. The maximum absolute atomic E-state index is 11.7. The minimum absolute atomic E-state index is 0.106. The Morgan fingerprint density at radius 3 is 2.39 bits per heavy atom. The quantitative estimate of drug-likeness (QED) is 0.600. The summed E-state index contributed by atoms with van der Waals surface area (Å²) in [4.78, 5) is 34.6. The highest BCUT2D eigenvalue weighted by atomic mass is 16.4. The van der Waals surface area contributed by atoms with Crippen molar-refractivity contribution in [3.05, 3.63) is 0 Å². The zero-order valence-electron chi connectivity index (χ0n) is 11.0. The fourth-order valence-electron chi connectivity index (χ4n) is 1.29. The van der Waals surface area contributed by atoms with Crippen LogP contribution in [0.15, 0.2) is 0 Å². The molecule has 0 rings (SSSR count). The predicted molar refractivity (Wildman–Crippen MR) is 66.2 cm³/mol. The molecule has 0 spiro atoms. The highest BCUT2D eigenvalue weighted by molar-refractivity contribution is 5.78. The normalized spacial score (nSPS) is 11.5. The minimum atomic E-state index is -0.949. The number of carbonyl (C=O) groups is 3. The van der Waals surface area contributed by atoms with E-state index in [4.69, 9.17) is 5.11 Å². The van der Waals surface area contributed by atoms with Gasteiger partial charge in [0.15, 0.2) is 0 Å². The number of carbonyl (C=O) groups excluding carboxylic acids is 2. The van der Waals surface area contributed by atoms with E-state index in [2.05, 4.69) is 10.6 Å². The van der Waals surface area contributed by atoms with Crippen LogP contribution < -0.4 is 10.6 Å². The van der Waals surface area contributed by atoms with E-state index >= 15 is 0 Å². The van der Waals surface area contributed by atoms with Crippen LogP contribution in [-0.4, -0.2) is 54.6 Å². The van der Waals surface area contributed by atoms with Crippen LogP contribution >= 0.6 is 0 Å². The summed E-state index contributed by atoms with van der Waals surface area (Å²) in [7, 11) is 3.09. The SMILES string of the molecule is CCC(CC(=O)O)NC(=O)N(C)CCC(=O)NC. The third-order valence-corrected chi connectivity index (χ3v) is 2.54. The van der Waals surface area contributed by atoms with Crippen molar-refractivity contribution in [2.75, 3.05) is 20.6 Å². The second kappa shape index (κ2) is 8.32. The molecule has 7 heteroatoms. The van der Waals surface area contributed by atoms with Gasteiger partial charge in [-0.15, -0.1) is 0 Å². The van der Waals surface area contributed by atoms with Crippen molar-refractivity contribution >= 4 is 17.9 Å². The van der Waals surface area contributed by atoms with Gasteiger partial charge < -0.3 is 20.6 Å². The van der Waals surface area contributed by atoms with Crippen LogP contribution in [0.25, 0.3) is 0 Å². The number of urea groups is 1. The molecule has 0 aliphatic carbocycles. The average Bonchev–Trinajstić information content (AvgIpc) is 2.33. The second-order valence-corrected chi connectivity index (χ2v) is 4.00. The number of carboxylic acids is 1. The van der Waals surface area contributed by atoms with E-state index in [1.165, 1.54) is 11.9 Å². The summed E-state index contributed by atoms with van der Waals surface area (Å²) in [5.74, 6) is -1.10. The Balaban J connectivity index is 4.12. The van der Waals surface area contributed by atoms with Crippen molar-refractivity contribution < 1.29 is 19.5 Å². The number of aliphatic carboxylic acids is 1. The van der Waals surface area contributed by atoms with Crippen LogP contribution in [0, 0.1) is 0 Å². The lowest BCUT2D eigenvalue weighted by atomic mass is 10.1. The Morgan fingerprint density at radius 1 is 1.33 bits per heavy atom. The molecule has 104 valence electrons. The lowest BCUT2D eigenvalue weighted by Crippen LogP contribution is -2.44. The molecule has 1 unspecified atom stereocenters. The highest BCUT2D eigenvalue weighted by Gasteiger charge is 2.16. The number of hydrogen-bond acceptors (Lipinski definition) is 3. The molecule has 0 aliphatic heterocycles. The van der Waals surface area contributed by atoms with Crippen LogP contribution in [-0.2, 0) is 9.59 Å². The zero-order chi connectivity index (χ0) is 14.1. The van der Waals surface area contributed by atoms with E-state index < -0.39 is 12.0 Å². The first kappa shape index (κ1) is 16.2. The molecule has 3 N–H and O–H groups in total. The third-order valence-electron chi connectivity index (χ3n) is 2.54. The molecule has 18 heavy (non-hydrogen) atoms. The molecule has 1 atom stereocenters. The zero-order valence-corrected chi connectivity index (χ0v) is 11.0. The van der Waals surface area contributed by atoms with Crippen LogP contribution in [0.3, 0.4) is 0 Å². The van der Waals surface area contributed by atoms with Gasteiger partial charge in [-0.2, -0.15) is 0 Å². The third kappa shape index (κ3) is 6.72. The summed E-state index contributed by atoms with van der Waals surface area (Å²) in [5.41, 5.74) is 0. The molecule has 0 heterocycles. The van der Waals surface area contributed by atoms with E-state index in [0.29, 0.717) is 6.42 Å². The van der Waals surface area contributed by atoms with E-state index in [-0.39, 0.29) is 31.3 Å². The molecular formula is C11H21N3O4. The van der Waals surface area contributed by atoms with E-state index in [1.807, 2.05) is 0 Å². The van der Waals surface area contributed by atoms with Crippen molar-refractivity contribution in [2.45, 2.75) is 32.2 Å². The Kier molecular flexibility index (Phi) is 7.50. The van der Waals surface area contributed by atoms with Crippen molar-refractivity contribution in [1.82, 2.24) is 15.5 Å². The summed E-state index contributed by atoms with van der Waals surface area (Å²) in [5, 5.41) is 13.7. The van der Waals surface area contributed by atoms with Gasteiger partial charge >= 0.3 is 12.0 Å². The standard InChI is InChI=1S/C11H21N3O4/c1-4-8(7-10(16)17)13-11(18)14(3)6-5-9(15)12-2/h8H,4-7H2,1-3H3,(H,12,15)(H,13,18)(H,16,17). The molecule has 0 saturated heterocycles. The molecular weight excluding hydrogens is 238 g/mol. The van der Waals surface area contributed by atoms with Gasteiger partial charge in [0.25, 0.3) is 0 Å². The van der Waals surface area contributed by atoms with Crippen molar-refractivity contribution in [1.29, 1.82) is 0 Å². The molecule has 3 amide bonds. The first-order valence-corrected chi connectivity index (χ1v) is 5.84. The Hall–Kier alpha value is -1.79. The van der Waals surface area contributed by atoms with Crippen LogP contribution in [0.1, 0.15) is 26.2 Å². The molecule has 0 bridgehead atoms. The Bertz CT molecular complexity index is 307. The summed E-state index contributed by atoms with van der Waals surface area (Å²) in [6, 6.07) is -0.760. The fourth-order valence-corrected chi connectivity index (χ4v) is 1.29. The number of nitrogens with one attached hydrogen (secondary N) is 2. The second-order valence-electron chi connectivity index (χ2n) is 4.00. The first-order chi connectivity index (χ1) is 8.40. The molecule has 7 nitrogen and oxygen atoms in total. The van der Waals surface area contributed by atoms with Gasteiger partial charge in [-0.05, 0) is 6.42 Å². The molecule has 0 aromatic heterocycles. The number of carboxylic acid groups (broad SMARTS) is 1. The lowest BCUT2D eigenvalue weighted by molar-refractivity contribution is -0.137. The lowest BCUT2D eigenvalue weighted by Gasteiger charge is -2.21. The molecule has 0 saturated carbocycles. The van der Waals surface area contributed by atoms with Crippen LogP contribution in [0.4, 0.5) is 4.79 Å². The Morgan fingerprint density at radius 2 is 1.94 bits per heavy atom. The smallest absolute Gasteiger partial charge is 0.317 e. The van der Waals surface area contributed by atoms with Gasteiger partial charge in [-0.1, -0.05) is 6.92 Å². The minimum Gasteiger partial charge on any atom is -0.481 e. The number of amides is 3. The van der Waals surface area contributed by atoms with Gasteiger partial charge in [0.1, 0.15) is 0 Å². The summed E-state index contributed by atoms with van der Waals surface area (Å²) >= 11 is 0. The largest absolute Gasteiger partial charge is 0.481 e. The molecule has 0 aliphatic rings. The topological polar surface area (TPSA) is 98.7 Å². The van der Waals surface area contributed by atoms with Crippen molar-refractivity contribution in [3.8, 4) is 0 Å². The summed E-state index contributed by atoms with van der Waals surface area (Å²) in [6.07, 6.45) is 0.656. The maximum atomic E-state index is 11.7. The highest BCUT2D eigenvalue weighted by Crippen LogP contribution is 1.99. The monoisotopic (exact) mass is 259 g/mol. The summed E-state index contributed by atoms with van der Waals surface area (Å²) < 4.78 is 0. The van der Waals surface area contributed by atoms with Gasteiger partial charge in [0, 0.05) is 33.1 Å². The maximum Gasteiger partial charge on any atom is 0.317 e. The van der Waals surface area contributed by atoms with Gasteiger partial charge in [0.05, 0.1) is 6.42 Å². The van der Waals surface area contributed by atoms with E-state index in [0.717, 1.165) is 0 Å². The van der Waals surface area contributed by atoms with Crippen LogP contribution in [0.2, 0.25) is 0 Å². The fraction of sp³-hybridized carbons (Fsp3) is 0.727. The van der Waals surface area contributed by atoms with Gasteiger partial charge in [0.2, 0.25) is 5.91 Å². The van der Waals surface area contributed by atoms with E-state index in [9.17, 15) is 14.4 Å². The average molecular weight is 259 g/mol. The summed E-state index contributed by atoms with van der Waals surface area (Å²) in [6.45, 7) is 2.09. The Labute approximate surface area is 107 Å². The van der Waals surface area contributed by atoms with Gasteiger partial charge in [-0.25, -0.2) is 4.79 Å². The molecule has 0 aromatic carbocycles. The van der Waals surface area contributed by atoms with Crippen molar-refractivity contribution in [2.24, 2.45) is 0 Å². The molecule has 0 aromatic rings. The molecule has 0 radical (unpaired) electrons. The van der Waals surface area contributed by atoms with Crippen molar-refractivity contribution in [3.63, 3.8) is 0 Å². The number of hydrogen-bond donors (Lipinski definition) is 3. The predicted octanol–water partition coefficient (Wildman–Crippen LogP) is 0.0172. The van der Waals surface area contributed by atoms with E-state index in [1.54, 1.807) is 14.0 Å².